The van der Waals surface area contributed by atoms with Crippen LogP contribution >= 0.6 is 12.4 Å². The van der Waals surface area contributed by atoms with Gasteiger partial charge in [-0.2, -0.15) is 0 Å². The first kappa shape index (κ1) is 18.8. The van der Waals surface area contributed by atoms with Gasteiger partial charge >= 0.3 is 0 Å². The number of hydrogen-bond acceptors (Lipinski definition) is 4. The lowest BCUT2D eigenvalue weighted by atomic mass is 9.99. The standard InChI is InChI=1S/C15H22FN3O2.ClH/c1-21-14-5-6-19(13(8-14)9-17)10-15(20)18-12-4-2-3-11(16)7-12;/h2-4,7,13-14H,5-6,8-10,17H2,1H3,(H,18,20);1H. The third kappa shape index (κ3) is 5.21. The van der Waals surface area contributed by atoms with Gasteiger partial charge in [0.15, 0.2) is 0 Å². The molecule has 1 aromatic carbocycles. The van der Waals surface area contributed by atoms with Crippen LogP contribution < -0.4 is 11.1 Å². The van der Waals surface area contributed by atoms with Crippen molar-refractivity contribution >= 4 is 24.0 Å². The van der Waals surface area contributed by atoms with E-state index in [2.05, 4.69) is 10.2 Å². The van der Waals surface area contributed by atoms with Crippen LogP contribution in [0.25, 0.3) is 0 Å². The topological polar surface area (TPSA) is 67.6 Å². The van der Waals surface area contributed by atoms with E-state index in [0.717, 1.165) is 19.4 Å². The lowest BCUT2D eigenvalue weighted by molar-refractivity contribution is -0.118. The smallest absolute Gasteiger partial charge is 0.238 e. The zero-order valence-corrected chi connectivity index (χ0v) is 13.4. The number of nitrogens with one attached hydrogen (secondary N) is 1. The Balaban J connectivity index is 0.00000242. The van der Waals surface area contributed by atoms with E-state index in [1.165, 1.54) is 12.1 Å². The SMILES string of the molecule is COC1CCN(CC(=O)Nc2cccc(F)c2)C(CN)C1.Cl. The molecule has 1 aliphatic rings. The van der Waals surface area contributed by atoms with E-state index in [0.29, 0.717) is 12.2 Å². The number of rotatable bonds is 5. The Kier molecular flexibility index (Phi) is 7.75. The fraction of sp³-hybridized carbons (Fsp3) is 0.533. The number of amides is 1. The van der Waals surface area contributed by atoms with E-state index in [4.69, 9.17) is 10.5 Å². The molecular weight excluding hydrogens is 309 g/mol. The predicted molar refractivity (Wildman–Crippen MR) is 86.7 cm³/mol. The van der Waals surface area contributed by atoms with Gasteiger partial charge in [0.25, 0.3) is 0 Å². The molecule has 0 aliphatic carbocycles. The maximum atomic E-state index is 13.1. The van der Waals surface area contributed by atoms with Crippen LogP contribution in [0.2, 0.25) is 0 Å². The summed E-state index contributed by atoms with van der Waals surface area (Å²) in [6, 6.07) is 6.02. The monoisotopic (exact) mass is 331 g/mol. The van der Waals surface area contributed by atoms with Crippen LogP contribution in [0.15, 0.2) is 24.3 Å². The summed E-state index contributed by atoms with van der Waals surface area (Å²) in [6.07, 6.45) is 1.93. The second-order valence-electron chi connectivity index (χ2n) is 5.30. The molecule has 1 fully saturated rings. The number of halogens is 2. The van der Waals surface area contributed by atoms with Gasteiger partial charge in [-0.1, -0.05) is 6.07 Å². The highest BCUT2D eigenvalue weighted by Gasteiger charge is 2.28. The van der Waals surface area contributed by atoms with Crippen LogP contribution in [-0.2, 0) is 9.53 Å². The number of nitrogens with two attached hydrogens (primary N) is 1. The van der Waals surface area contributed by atoms with Gasteiger partial charge in [-0.25, -0.2) is 4.39 Å². The van der Waals surface area contributed by atoms with E-state index < -0.39 is 0 Å². The number of hydrogen-bond donors (Lipinski definition) is 2. The third-order valence-corrected chi connectivity index (χ3v) is 3.85. The Labute approximate surface area is 136 Å². The minimum Gasteiger partial charge on any atom is -0.381 e. The molecule has 0 spiro atoms. The summed E-state index contributed by atoms with van der Waals surface area (Å²) in [5.41, 5.74) is 6.25. The van der Waals surface area contributed by atoms with Gasteiger partial charge in [-0.05, 0) is 31.0 Å². The first-order valence-corrected chi connectivity index (χ1v) is 7.14. The number of piperidine rings is 1. The first-order valence-electron chi connectivity index (χ1n) is 7.14. The molecule has 1 aliphatic heterocycles. The second kappa shape index (κ2) is 9.05. The van der Waals surface area contributed by atoms with Crippen LogP contribution in [0.3, 0.4) is 0 Å². The Morgan fingerprint density at radius 3 is 2.95 bits per heavy atom. The molecule has 2 unspecified atom stereocenters. The van der Waals surface area contributed by atoms with Crippen molar-refractivity contribution in [3.05, 3.63) is 30.1 Å². The number of likely N-dealkylation sites (tertiary alicyclic amines) is 1. The van der Waals surface area contributed by atoms with Crippen molar-refractivity contribution in [2.75, 3.05) is 32.1 Å². The third-order valence-electron chi connectivity index (χ3n) is 3.85. The molecule has 1 heterocycles. The minimum absolute atomic E-state index is 0. The van der Waals surface area contributed by atoms with Crippen LogP contribution in [0.1, 0.15) is 12.8 Å². The molecule has 0 aromatic heterocycles. The highest BCUT2D eigenvalue weighted by Crippen LogP contribution is 2.19. The summed E-state index contributed by atoms with van der Waals surface area (Å²) in [6.45, 7) is 1.53. The number of carbonyl (C=O) groups is 1. The lowest BCUT2D eigenvalue weighted by Gasteiger charge is -2.37. The van der Waals surface area contributed by atoms with Crippen molar-refractivity contribution in [3.63, 3.8) is 0 Å². The maximum absolute atomic E-state index is 13.1. The average Bonchev–Trinajstić information content (AvgIpc) is 2.47. The number of anilines is 1. The van der Waals surface area contributed by atoms with Gasteiger partial charge in [-0.15, -0.1) is 12.4 Å². The van der Waals surface area contributed by atoms with Crippen LogP contribution in [0.5, 0.6) is 0 Å². The van der Waals surface area contributed by atoms with E-state index >= 15 is 0 Å². The van der Waals surface area contributed by atoms with Gasteiger partial charge in [-0.3, -0.25) is 9.69 Å². The van der Waals surface area contributed by atoms with E-state index in [-0.39, 0.29) is 42.8 Å². The van der Waals surface area contributed by atoms with Gasteiger partial charge in [0.05, 0.1) is 12.6 Å². The molecule has 124 valence electrons. The molecule has 22 heavy (non-hydrogen) atoms. The Morgan fingerprint density at radius 2 is 2.32 bits per heavy atom. The van der Waals surface area contributed by atoms with Gasteiger partial charge in [0, 0.05) is 31.9 Å². The summed E-state index contributed by atoms with van der Waals surface area (Å²) in [4.78, 5) is 14.1. The molecule has 2 atom stereocenters. The molecule has 7 heteroatoms. The highest BCUT2D eigenvalue weighted by molar-refractivity contribution is 5.92. The number of benzene rings is 1. The Morgan fingerprint density at radius 1 is 1.55 bits per heavy atom. The lowest BCUT2D eigenvalue weighted by Crippen LogP contribution is -2.50. The maximum Gasteiger partial charge on any atom is 0.238 e. The zero-order chi connectivity index (χ0) is 15.2. The first-order chi connectivity index (χ1) is 10.1. The zero-order valence-electron chi connectivity index (χ0n) is 12.6. The van der Waals surface area contributed by atoms with Gasteiger partial charge in [0.1, 0.15) is 5.82 Å². The summed E-state index contributed by atoms with van der Waals surface area (Å²) in [5, 5.41) is 2.71. The number of nitrogens with zero attached hydrogens (tertiary/aromatic N) is 1. The van der Waals surface area contributed by atoms with Crippen molar-refractivity contribution in [2.45, 2.75) is 25.0 Å². The molecule has 1 amide bonds. The molecule has 2 rings (SSSR count). The molecule has 3 N–H and O–H groups in total. The van der Waals surface area contributed by atoms with Gasteiger partial charge < -0.3 is 15.8 Å². The number of ether oxygens (including phenoxy) is 1. The van der Waals surface area contributed by atoms with E-state index in [9.17, 15) is 9.18 Å². The van der Waals surface area contributed by atoms with Crippen molar-refractivity contribution < 1.29 is 13.9 Å². The summed E-state index contributed by atoms with van der Waals surface area (Å²) >= 11 is 0. The molecule has 5 nitrogen and oxygen atoms in total. The summed E-state index contributed by atoms with van der Waals surface area (Å²) in [5.74, 6) is -0.525. The Hall–Kier alpha value is -1.21. The molecule has 1 saturated heterocycles. The molecule has 0 bridgehead atoms. The van der Waals surface area contributed by atoms with Crippen molar-refractivity contribution in [2.24, 2.45) is 5.73 Å². The predicted octanol–water partition coefficient (Wildman–Crippen LogP) is 1.62. The van der Waals surface area contributed by atoms with E-state index in [1.807, 2.05) is 0 Å². The van der Waals surface area contributed by atoms with Crippen molar-refractivity contribution in [1.29, 1.82) is 0 Å². The molecule has 1 aromatic rings. The highest BCUT2D eigenvalue weighted by atomic mass is 35.5. The average molecular weight is 332 g/mol. The quantitative estimate of drug-likeness (QED) is 0.860. The molecule has 0 saturated carbocycles. The van der Waals surface area contributed by atoms with Crippen molar-refractivity contribution in [1.82, 2.24) is 4.90 Å². The molecular formula is C15H23ClFN3O2. The Bertz CT molecular complexity index is 490. The van der Waals surface area contributed by atoms with Crippen molar-refractivity contribution in [3.8, 4) is 0 Å². The van der Waals surface area contributed by atoms with Gasteiger partial charge in [0.2, 0.25) is 5.91 Å². The van der Waals surface area contributed by atoms with Crippen LogP contribution in [0, 0.1) is 5.82 Å². The van der Waals surface area contributed by atoms with Crippen LogP contribution in [-0.4, -0.2) is 49.7 Å². The fourth-order valence-corrected chi connectivity index (χ4v) is 2.68. The largest absolute Gasteiger partial charge is 0.381 e. The fourth-order valence-electron chi connectivity index (χ4n) is 2.68. The number of methoxy groups -OCH3 is 1. The normalized spacial score (nSPS) is 22.0. The summed E-state index contributed by atoms with van der Waals surface area (Å²) < 4.78 is 18.4. The minimum atomic E-state index is -0.367. The van der Waals surface area contributed by atoms with E-state index in [1.54, 1.807) is 19.2 Å². The molecule has 0 radical (unpaired) electrons. The number of carbonyl (C=O) groups excluding carboxylic acids is 1. The van der Waals surface area contributed by atoms with Crippen LogP contribution in [0.4, 0.5) is 10.1 Å². The second-order valence-corrected chi connectivity index (χ2v) is 5.30. The summed E-state index contributed by atoms with van der Waals surface area (Å²) in [7, 11) is 1.70.